The van der Waals surface area contributed by atoms with Gasteiger partial charge >= 0.3 is 0 Å². The number of carbonyl (C=O) groups is 1. The average Bonchev–Trinajstić information content (AvgIpc) is 3.10. The van der Waals surface area contributed by atoms with Crippen molar-refractivity contribution in [2.45, 2.75) is 13.0 Å². The molecule has 2 aromatic heterocycles. The van der Waals surface area contributed by atoms with Crippen molar-refractivity contribution in [2.24, 2.45) is 5.92 Å². The van der Waals surface area contributed by atoms with Crippen molar-refractivity contribution in [2.75, 3.05) is 25.0 Å². The number of pyridine rings is 1. The van der Waals surface area contributed by atoms with Crippen molar-refractivity contribution in [3.63, 3.8) is 0 Å². The van der Waals surface area contributed by atoms with E-state index in [2.05, 4.69) is 20.3 Å². The monoisotopic (exact) mass is 313 g/mol. The molecule has 1 atom stereocenters. The van der Waals surface area contributed by atoms with Crippen LogP contribution in [0.5, 0.6) is 0 Å². The van der Waals surface area contributed by atoms with Crippen LogP contribution in [0.1, 0.15) is 22.3 Å². The van der Waals surface area contributed by atoms with E-state index in [1.165, 1.54) is 12.4 Å². The Morgan fingerprint density at radius 3 is 2.83 bits per heavy atom. The molecule has 2 N–H and O–H groups in total. The third kappa shape index (κ3) is 3.81. The summed E-state index contributed by atoms with van der Waals surface area (Å²) in [6, 6.07) is 3.83. The summed E-state index contributed by atoms with van der Waals surface area (Å²) in [6.45, 7) is 1.96. The van der Waals surface area contributed by atoms with E-state index in [4.69, 9.17) is 5.11 Å². The van der Waals surface area contributed by atoms with Crippen molar-refractivity contribution in [3.05, 3.63) is 48.0 Å². The van der Waals surface area contributed by atoms with E-state index < -0.39 is 0 Å². The van der Waals surface area contributed by atoms with Crippen molar-refractivity contribution in [1.29, 1.82) is 0 Å². The molecule has 3 rings (SSSR count). The molecule has 1 aliphatic rings. The summed E-state index contributed by atoms with van der Waals surface area (Å²) in [7, 11) is 0. The third-order valence-electron chi connectivity index (χ3n) is 3.90. The van der Waals surface area contributed by atoms with Crippen molar-refractivity contribution in [3.8, 4) is 0 Å². The lowest BCUT2D eigenvalue weighted by atomic mass is 10.1. The van der Waals surface area contributed by atoms with Crippen LogP contribution in [0.2, 0.25) is 0 Å². The minimum Gasteiger partial charge on any atom is -0.396 e. The maximum Gasteiger partial charge on any atom is 0.257 e. The van der Waals surface area contributed by atoms with Gasteiger partial charge in [0.05, 0.1) is 5.56 Å². The number of nitrogens with one attached hydrogen (secondary N) is 1. The summed E-state index contributed by atoms with van der Waals surface area (Å²) in [5.74, 6) is 0.570. The molecule has 2 aromatic rings. The Morgan fingerprint density at radius 1 is 1.35 bits per heavy atom. The number of rotatable bonds is 5. The number of anilines is 1. The molecule has 0 radical (unpaired) electrons. The maximum atomic E-state index is 12.3. The molecule has 7 heteroatoms. The lowest BCUT2D eigenvalue weighted by Crippen LogP contribution is -2.29. The van der Waals surface area contributed by atoms with Crippen molar-refractivity contribution < 1.29 is 9.90 Å². The minimum absolute atomic E-state index is 0.0836. The van der Waals surface area contributed by atoms with Gasteiger partial charge in [-0.3, -0.25) is 9.78 Å². The molecule has 0 spiro atoms. The first-order valence-electron chi connectivity index (χ1n) is 7.61. The number of amides is 1. The van der Waals surface area contributed by atoms with Crippen LogP contribution in [0, 0.1) is 5.92 Å². The molecular formula is C16H19N5O2. The standard InChI is InChI=1S/C16H19N5O2/c22-11-13-3-5-21(10-13)15(23)14-8-19-16(20-9-14)18-7-12-2-1-4-17-6-12/h1-2,4,6,8-9,13,22H,3,5,7,10-11H2,(H,18,19,20). The summed E-state index contributed by atoms with van der Waals surface area (Å²) >= 11 is 0. The molecule has 120 valence electrons. The van der Waals surface area contributed by atoms with Crippen molar-refractivity contribution in [1.82, 2.24) is 19.9 Å². The summed E-state index contributed by atoms with van der Waals surface area (Å²) in [5, 5.41) is 12.2. The lowest BCUT2D eigenvalue weighted by molar-refractivity contribution is 0.0781. The smallest absolute Gasteiger partial charge is 0.257 e. The summed E-state index contributed by atoms with van der Waals surface area (Å²) in [6.07, 6.45) is 7.41. The molecule has 23 heavy (non-hydrogen) atoms. The Labute approximate surface area is 134 Å². The molecule has 1 saturated heterocycles. The summed E-state index contributed by atoms with van der Waals surface area (Å²) in [5.41, 5.74) is 1.50. The molecule has 1 fully saturated rings. The number of hydrogen-bond acceptors (Lipinski definition) is 6. The van der Waals surface area contributed by atoms with Gasteiger partial charge in [-0.15, -0.1) is 0 Å². The highest BCUT2D eigenvalue weighted by molar-refractivity contribution is 5.93. The minimum atomic E-state index is -0.0836. The Morgan fingerprint density at radius 2 is 2.17 bits per heavy atom. The second-order valence-corrected chi connectivity index (χ2v) is 5.60. The van der Waals surface area contributed by atoms with E-state index in [0.717, 1.165) is 12.0 Å². The molecule has 1 unspecified atom stereocenters. The predicted octanol–water partition coefficient (Wildman–Crippen LogP) is 0.938. The molecule has 0 aliphatic carbocycles. The van der Waals surface area contributed by atoms with Crippen LogP contribution in [0.25, 0.3) is 0 Å². The van der Waals surface area contributed by atoms with Gasteiger partial charge in [-0.1, -0.05) is 6.07 Å². The predicted molar refractivity (Wildman–Crippen MR) is 84.7 cm³/mol. The zero-order valence-electron chi connectivity index (χ0n) is 12.7. The molecule has 0 saturated carbocycles. The highest BCUT2D eigenvalue weighted by Gasteiger charge is 2.26. The molecule has 0 aromatic carbocycles. The number of hydrogen-bond donors (Lipinski definition) is 2. The maximum absolute atomic E-state index is 12.3. The normalized spacial score (nSPS) is 17.3. The van der Waals surface area contributed by atoms with E-state index in [9.17, 15) is 4.79 Å². The van der Waals surface area contributed by atoms with E-state index >= 15 is 0 Å². The van der Waals surface area contributed by atoms with Crippen LogP contribution in [-0.4, -0.2) is 50.6 Å². The number of aromatic nitrogens is 3. The highest BCUT2D eigenvalue weighted by Crippen LogP contribution is 2.17. The first kappa shape index (κ1) is 15.4. The van der Waals surface area contributed by atoms with Gasteiger partial charge in [0.2, 0.25) is 5.95 Å². The molecule has 1 amide bonds. The van der Waals surface area contributed by atoms with E-state index in [-0.39, 0.29) is 18.4 Å². The quantitative estimate of drug-likeness (QED) is 0.853. The Kier molecular flexibility index (Phi) is 4.77. The fourth-order valence-corrected chi connectivity index (χ4v) is 2.56. The number of aliphatic hydroxyl groups excluding tert-OH is 1. The first-order chi connectivity index (χ1) is 11.3. The SMILES string of the molecule is O=C(c1cnc(NCc2cccnc2)nc1)N1CCC(CO)C1. The highest BCUT2D eigenvalue weighted by atomic mass is 16.3. The van der Waals surface area contributed by atoms with Gasteiger partial charge < -0.3 is 15.3 Å². The largest absolute Gasteiger partial charge is 0.396 e. The first-order valence-corrected chi connectivity index (χ1v) is 7.61. The Balaban J connectivity index is 1.57. The van der Waals surface area contributed by atoms with Crippen LogP contribution in [-0.2, 0) is 6.54 Å². The van der Waals surface area contributed by atoms with E-state index in [1.54, 1.807) is 17.3 Å². The fourth-order valence-electron chi connectivity index (χ4n) is 2.56. The van der Waals surface area contributed by atoms with E-state index in [1.807, 2.05) is 12.1 Å². The second-order valence-electron chi connectivity index (χ2n) is 5.60. The summed E-state index contributed by atoms with van der Waals surface area (Å²) in [4.78, 5) is 26.5. The van der Waals surface area contributed by atoms with Gasteiger partial charge in [-0.25, -0.2) is 9.97 Å². The van der Waals surface area contributed by atoms with Crippen LogP contribution in [0.3, 0.4) is 0 Å². The molecular weight excluding hydrogens is 294 g/mol. The van der Waals surface area contributed by atoms with Crippen molar-refractivity contribution >= 4 is 11.9 Å². The summed E-state index contributed by atoms with van der Waals surface area (Å²) < 4.78 is 0. The number of likely N-dealkylation sites (tertiary alicyclic amines) is 1. The van der Waals surface area contributed by atoms with Gasteiger partial charge in [0.1, 0.15) is 0 Å². The van der Waals surface area contributed by atoms with Gasteiger partial charge in [0, 0.05) is 56.9 Å². The van der Waals surface area contributed by atoms with Gasteiger partial charge in [0.15, 0.2) is 0 Å². The van der Waals surface area contributed by atoms with Gasteiger partial charge in [0.25, 0.3) is 5.91 Å². The second kappa shape index (κ2) is 7.15. The van der Waals surface area contributed by atoms with Gasteiger partial charge in [-0.05, 0) is 18.1 Å². The lowest BCUT2D eigenvalue weighted by Gasteiger charge is -2.15. The fraction of sp³-hybridized carbons (Fsp3) is 0.375. The van der Waals surface area contributed by atoms with Crippen LogP contribution < -0.4 is 5.32 Å². The zero-order chi connectivity index (χ0) is 16.1. The number of carbonyl (C=O) groups excluding carboxylic acids is 1. The number of nitrogens with zero attached hydrogens (tertiary/aromatic N) is 4. The molecule has 0 bridgehead atoms. The molecule has 3 heterocycles. The van der Waals surface area contributed by atoms with Gasteiger partial charge in [-0.2, -0.15) is 0 Å². The molecule has 7 nitrogen and oxygen atoms in total. The molecule has 1 aliphatic heterocycles. The average molecular weight is 313 g/mol. The Bertz CT molecular complexity index is 647. The van der Waals surface area contributed by atoms with Crippen LogP contribution in [0.4, 0.5) is 5.95 Å². The van der Waals surface area contributed by atoms with E-state index in [0.29, 0.717) is 31.1 Å². The van der Waals surface area contributed by atoms with Crippen LogP contribution >= 0.6 is 0 Å². The number of aliphatic hydroxyl groups is 1. The third-order valence-corrected chi connectivity index (χ3v) is 3.90. The zero-order valence-corrected chi connectivity index (χ0v) is 12.7. The topological polar surface area (TPSA) is 91.2 Å². The Hall–Kier alpha value is -2.54. The van der Waals surface area contributed by atoms with Crippen LogP contribution in [0.15, 0.2) is 36.9 Å².